The van der Waals surface area contributed by atoms with E-state index in [4.69, 9.17) is 16.3 Å². The van der Waals surface area contributed by atoms with Gasteiger partial charge < -0.3 is 4.74 Å². The van der Waals surface area contributed by atoms with Crippen molar-refractivity contribution in [3.8, 4) is 22.6 Å². The lowest BCUT2D eigenvalue weighted by Crippen LogP contribution is -2.13. The number of benzene rings is 3. The van der Waals surface area contributed by atoms with E-state index in [1.165, 1.54) is 24.4 Å². The van der Waals surface area contributed by atoms with Gasteiger partial charge in [0.25, 0.3) is 0 Å². The average Bonchev–Trinajstić information content (AvgIpc) is 2.79. The zero-order chi connectivity index (χ0) is 24.7. The molecule has 0 bridgehead atoms. The van der Waals surface area contributed by atoms with Crippen LogP contribution in [0.15, 0.2) is 77.8 Å². The van der Waals surface area contributed by atoms with Gasteiger partial charge in [0.2, 0.25) is 0 Å². The molecule has 0 aliphatic carbocycles. The van der Waals surface area contributed by atoms with Gasteiger partial charge >= 0.3 is 6.18 Å². The zero-order valence-corrected chi connectivity index (χ0v) is 19.7. The van der Waals surface area contributed by atoms with E-state index < -0.39 is 26.8 Å². The molecule has 0 amide bonds. The van der Waals surface area contributed by atoms with Gasteiger partial charge in [0.1, 0.15) is 11.5 Å². The summed E-state index contributed by atoms with van der Waals surface area (Å²) in [5, 5.41) is 0.0846. The van der Waals surface area contributed by atoms with Crippen molar-refractivity contribution in [2.75, 3.05) is 0 Å². The minimum atomic E-state index is -4.55. The van der Waals surface area contributed by atoms with E-state index in [9.17, 15) is 21.6 Å². The van der Waals surface area contributed by atoms with Crippen LogP contribution in [0.5, 0.6) is 11.5 Å². The van der Waals surface area contributed by atoms with Crippen LogP contribution in [-0.2, 0) is 16.0 Å². The molecule has 0 aliphatic rings. The maximum atomic E-state index is 13.5. The smallest absolute Gasteiger partial charge is 0.418 e. The molecule has 0 saturated carbocycles. The van der Waals surface area contributed by atoms with E-state index in [1.807, 2.05) is 0 Å². The second-order valence-electron chi connectivity index (χ2n) is 7.87. The fraction of sp³-hybridized carbons (Fsp3) is 0.160. The first-order valence-corrected chi connectivity index (χ1v) is 12.2. The number of ether oxygens (including phenoxy) is 1. The van der Waals surface area contributed by atoms with E-state index in [2.05, 4.69) is 4.98 Å². The van der Waals surface area contributed by atoms with Crippen LogP contribution < -0.4 is 4.74 Å². The number of pyridine rings is 1. The van der Waals surface area contributed by atoms with Gasteiger partial charge in [-0.2, -0.15) is 13.2 Å². The highest BCUT2D eigenvalue weighted by molar-refractivity contribution is 7.92. The summed E-state index contributed by atoms with van der Waals surface area (Å²) in [6.45, 7) is 3.21. The van der Waals surface area contributed by atoms with Crippen molar-refractivity contribution >= 4 is 32.3 Å². The first-order valence-electron chi connectivity index (χ1n) is 10.2. The van der Waals surface area contributed by atoms with Gasteiger partial charge in [-0.05, 0) is 74.0 Å². The number of fused-ring (bicyclic) bond motifs is 1. The predicted molar refractivity (Wildman–Crippen MR) is 126 cm³/mol. The van der Waals surface area contributed by atoms with Crippen LogP contribution in [0, 0.1) is 0 Å². The van der Waals surface area contributed by atoms with E-state index in [-0.39, 0.29) is 10.4 Å². The topological polar surface area (TPSA) is 56.3 Å². The lowest BCUT2D eigenvalue weighted by Gasteiger charge is -2.14. The molecule has 4 nitrogen and oxygen atoms in total. The number of sulfone groups is 1. The SMILES string of the molecule is CC(C)S(=O)(=O)c1ccc(Oc2ccc(Cl)c(-c3ccnc4c(C(F)(F)F)cccc34)c2)cc1. The Morgan fingerprint density at radius 2 is 1.59 bits per heavy atom. The summed E-state index contributed by atoms with van der Waals surface area (Å²) in [5.41, 5.74) is -0.0431. The van der Waals surface area contributed by atoms with Gasteiger partial charge in [-0.25, -0.2) is 8.42 Å². The van der Waals surface area contributed by atoms with E-state index in [0.29, 0.717) is 33.0 Å². The van der Waals surface area contributed by atoms with Crippen LogP contribution in [0.4, 0.5) is 13.2 Å². The zero-order valence-electron chi connectivity index (χ0n) is 18.1. The van der Waals surface area contributed by atoms with Crippen LogP contribution in [0.3, 0.4) is 0 Å². The summed E-state index contributed by atoms with van der Waals surface area (Å²) in [5.74, 6) is 0.783. The standard InChI is InChI=1S/C25H19ClF3NO3S/c1-15(2)34(31,32)18-9-6-16(7-10-18)33-17-8-11-23(26)21(14-17)19-12-13-30-24-20(19)4-3-5-22(24)25(27,28)29/h3-15H,1-2H3. The van der Waals surface area contributed by atoms with Crippen molar-refractivity contribution in [3.05, 3.63) is 83.5 Å². The molecule has 0 spiro atoms. The molecule has 1 heterocycles. The highest BCUT2D eigenvalue weighted by Gasteiger charge is 2.33. The predicted octanol–water partition coefficient (Wildman–Crippen LogP) is 7.55. The maximum Gasteiger partial charge on any atom is 0.418 e. The van der Waals surface area contributed by atoms with Crippen LogP contribution in [0.25, 0.3) is 22.0 Å². The molecule has 3 aromatic carbocycles. The molecular formula is C25H19ClF3NO3S. The summed E-state index contributed by atoms with van der Waals surface area (Å²) >= 11 is 6.40. The van der Waals surface area contributed by atoms with Crippen molar-refractivity contribution in [3.63, 3.8) is 0 Å². The monoisotopic (exact) mass is 505 g/mol. The van der Waals surface area contributed by atoms with E-state index in [1.54, 1.807) is 56.3 Å². The van der Waals surface area contributed by atoms with Crippen molar-refractivity contribution in [2.24, 2.45) is 0 Å². The molecule has 0 fully saturated rings. The van der Waals surface area contributed by atoms with Crippen LogP contribution in [0.2, 0.25) is 5.02 Å². The Hall–Kier alpha value is -3.10. The fourth-order valence-corrected chi connectivity index (χ4v) is 4.80. The molecular weight excluding hydrogens is 487 g/mol. The van der Waals surface area contributed by atoms with Crippen LogP contribution in [0.1, 0.15) is 19.4 Å². The van der Waals surface area contributed by atoms with Crippen LogP contribution in [-0.4, -0.2) is 18.7 Å². The molecule has 34 heavy (non-hydrogen) atoms. The lowest BCUT2D eigenvalue weighted by atomic mass is 9.99. The molecule has 0 unspecified atom stereocenters. The van der Waals surface area contributed by atoms with Gasteiger partial charge in [0, 0.05) is 22.2 Å². The quantitative estimate of drug-likeness (QED) is 0.281. The summed E-state index contributed by atoms with van der Waals surface area (Å²) < 4.78 is 70.9. The Bertz CT molecular complexity index is 1470. The summed E-state index contributed by atoms with van der Waals surface area (Å²) in [6, 6.07) is 16.3. The molecule has 1 aromatic heterocycles. The highest BCUT2D eigenvalue weighted by Crippen LogP contribution is 2.40. The third kappa shape index (κ3) is 4.60. The Kier molecular flexibility index (Phi) is 6.31. The lowest BCUT2D eigenvalue weighted by molar-refractivity contribution is -0.136. The third-order valence-corrected chi connectivity index (χ3v) is 7.81. The van der Waals surface area contributed by atoms with E-state index in [0.717, 1.165) is 6.07 Å². The summed E-state index contributed by atoms with van der Waals surface area (Å²) in [7, 11) is -3.41. The molecule has 0 saturated heterocycles. The third-order valence-electron chi connectivity index (χ3n) is 5.31. The fourth-order valence-electron chi connectivity index (χ4n) is 3.52. The Morgan fingerprint density at radius 1 is 0.912 bits per heavy atom. The van der Waals surface area contributed by atoms with Gasteiger partial charge in [0.15, 0.2) is 9.84 Å². The normalized spacial score (nSPS) is 12.3. The minimum absolute atomic E-state index is 0.170. The average molecular weight is 506 g/mol. The van der Waals surface area contributed by atoms with Crippen LogP contribution >= 0.6 is 11.6 Å². The number of hydrogen-bond donors (Lipinski definition) is 0. The van der Waals surface area contributed by atoms with Crippen molar-refractivity contribution < 1.29 is 26.3 Å². The van der Waals surface area contributed by atoms with E-state index >= 15 is 0 Å². The number of alkyl halides is 3. The Labute approximate surface area is 199 Å². The molecule has 4 rings (SSSR count). The van der Waals surface area contributed by atoms with Crippen molar-refractivity contribution in [2.45, 2.75) is 30.2 Å². The summed E-state index contributed by atoms with van der Waals surface area (Å²) in [4.78, 5) is 4.14. The maximum absolute atomic E-state index is 13.5. The molecule has 4 aromatic rings. The number of rotatable bonds is 5. The highest BCUT2D eigenvalue weighted by atomic mass is 35.5. The second-order valence-corrected chi connectivity index (χ2v) is 10.8. The Balaban J connectivity index is 1.72. The largest absolute Gasteiger partial charge is 0.457 e. The van der Waals surface area contributed by atoms with Crippen molar-refractivity contribution in [1.29, 1.82) is 0 Å². The number of nitrogens with zero attached hydrogens (tertiary/aromatic N) is 1. The first-order chi connectivity index (χ1) is 16.0. The number of para-hydroxylation sites is 1. The molecule has 0 atom stereocenters. The van der Waals surface area contributed by atoms with Gasteiger partial charge in [-0.15, -0.1) is 0 Å². The summed E-state index contributed by atoms with van der Waals surface area (Å²) in [6.07, 6.45) is -3.24. The number of aromatic nitrogens is 1. The second kappa shape index (κ2) is 8.92. The first kappa shape index (κ1) is 24.0. The van der Waals surface area contributed by atoms with Crippen molar-refractivity contribution in [1.82, 2.24) is 4.98 Å². The van der Waals surface area contributed by atoms with Gasteiger partial charge in [-0.3, -0.25) is 4.98 Å². The molecule has 0 aliphatic heterocycles. The van der Waals surface area contributed by atoms with Gasteiger partial charge in [0.05, 0.1) is 21.2 Å². The number of halogens is 4. The molecule has 0 radical (unpaired) electrons. The number of hydrogen-bond acceptors (Lipinski definition) is 4. The molecule has 0 N–H and O–H groups in total. The molecule has 176 valence electrons. The minimum Gasteiger partial charge on any atom is -0.457 e. The molecule has 9 heteroatoms. The Morgan fingerprint density at radius 3 is 2.24 bits per heavy atom. The van der Waals surface area contributed by atoms with Gasteiger partial charge in [-0.1, -0.05) is 23.7 Å².